The van der Waals surface area contributed by atoms with E-state index in [1.807, 2.05) is 36.5 Å². The van der Waals surface area contributed by atoms with Gasteiger partial charge in [-0.1, -0.05) is 25.1 Å². The fourth-order valence-electron chi connectivity index (χ4n) is 2.29. The number of aromatic nitrogens is 1. The van der Waals surface area contributed by atoms with Crippen LogP contribution in [0.4, 0.5) is 5.69 Å². The number of fused-ring (bicyclic) bond motifs is 1. The first-order chi connectivity index (χ1) is 9.38. The van der Waals surface area contributed by atoms with Crippen molar-refractivity contribution < 1.29 is 4.42 Å². The van der Waals surface area contributed by atoms with Gasteiger partial charge in [0.15, 0.2) is 0 Å². The lowest BCUT2D eigenvalue weighted by Crippen LogP contribution is -2.01. The largest absolute Gasteiger partial charge is 0.461 e. The lowest BCUT2D eigenvalue weighted by molar-refractivity contribution is 0.551. The average Bonchev–Trinajstić information content (AvgIpc) is 2.84. The highest BCUT2D eigenvalue weighted by Crippen LogP contribution is 2.26. The highest BCUT2D eigenvalue weighted by molar-refractivity contribution is 5.82. The smallest absolute Gasteiger partial charge is 0.134 e. The summed E-state index contributed by atoms with van der Waals surface area (Å²) in [5.74, 6) is 1.05. The van der Waals surface area contributed by atoms with Crippen LogP contribution in [0.25, 0.3) is 11.0 Å². The van der Waals surface area contributed by atoms with Gasteiger partial charge in [0.05, 0.1) is 5.69 Å². The maximum Gasteiger partial charge on any atom is 0.134 e. The third kappa shape index (κ3) is 2.32. The van der Waals surface area contributed by atoms with Gasteiger partial charge in [0, 0.05) is 36.3 Å². The predicted octanol–water partition coefficient (Wildman–Crippen LogP) is 4.00. The standard InChI is InChI=1S/C16H16N2O/c1-2-15-14(11-18-12-6-5-9-17-10-12)13-7-3-4-8-16(13)19-15/h3-10,18H,2,11H2,1H3. The van der Waals surface area contributed by atoms with Gasteiger partial charge in [-0.05, 0) is 18.2 Å². The SMILES string of the molecule is CCc1oc2ccccc2c1CNc1cccnc1. The van der Waals surface area contributed by atoms with Gasteiger partial charge < -0.3 is 9.73 Å². The molecule has 2 aromatic heterocycles. The average molecular weight is 252 g/mol. The Morgan fingerprint density at radius 2 is 2.05 bits per heavy atom. The van der Waals surface area contributed by atoms with Gasteiger partial charge in [-0.25, -0.2) is 0 Å². The molecule has 19 heavy (non-hydrogen) atoms. The molecule has 0 spiro atoms. The Morgan fingerprint density at radius 1 is 1.16 bits per heavy atom. The Kier molecular flexibility index (Phi) is 3.19. The highest BCUT2D eigenvalue weighted by atomic mass is 16.3. The third-order valence-electron chi connectivity index (χ3n) is 3.23. The van der Waals surface area contributed by atoms with E-state index in [2.05, 4.69) is 23.3 Å². The maximum atomic E-state index is 5.88. The number of nitrogens with one attached hydrogen (secondary N) is 1. The van der Waals surface area contributed by atoms with Crippen LogP contribution in [0, 0.1) is 0 Å². The Morgan fingerprint density at radius 3 is 2.84 bits per heavy atom. The number of para-hydroxylation sites is 1. The van der Waals surface area contributed by atoms with Gasteiger partial charge in [0.2, 0.25) is 0 Å². The van der Waals surface area contributed by atoms with E-state index >= 15 is 0 Å². The van der Waals surface area contributed by atoms with Gasteiger partial charge in [0.1, 0.15) is 11.3 Å². The predicted molar refractivity (Wildman–Crippen MR) is 77.2 cm³/mol. The van der Waals surface area contributed by atoms with Crippen molar-refractivity contribution in [2.24, 2.45) is 0 Å². The molecule has 0 fully saturated rings. The summed E-state index contributed by atoms with van der Waals surface area (Å²) in [4.78, 5) is 4.10. The number of nitrogens with zero attached hydrogens (tertiary/aromatic N) is 1. The van der Waals surface area contributed by atoms with E-state index < -0.39 is 0 Å². The lowest BCUT2D eigenvalue weighted by Gasteiger charge is -2.05. The van der Waals surface area contributed by atoms with E-state index in [0.29, 0.717) is 0 Å². The second kappa shape index (κ2) is 5.14. The van der Waals surface area contributed by atoms with Crippen molar-refractivity contribution >= 4 is 16.7 Å². The molecule has 0 aliphatic carbocycles. The molecule has 3 nitrogen and oxygen atoms in total. The molecule has 3 rings (SSSR count). The van der Waals surface area contributed by atoms with E-state index in [9.17, 15) is 0 Å². The molecule has 0 aliphatic heterocycles. The van der Waals surface area contributed by atoms with Crippen LogP contribution in [0.2, 0.25) is 0 Å². The molecule has 0 unspecified atom stereocenters. The van der Waals surface area contributed by atoms with Crippen LogP contribution in [0.3, 0.4) is 0 Å². The second-order valence-electron chi connectivity index (χ2n) is 4.45. The van der Waals surface area contributed by atoms with E-state index in [-0.39, 0.29) is 0 Å². The number of pyridine rings is 1. The zero-order valence-electron chi connectivity index (χ0n) is 10.9. The zero-order chi connectivity index (χ0) is 13.1. The van der Waals surface area contributed by atoms with Crippen LogP contribution in [0.5, 0.6) is 0 Å². The first kappa shape index (κ1) is 11.8. The summed E-state index contributed by atoms with van der Waals surface area (Å²) in [6, 6.07) is 12.1. The minimum absolute atomic E-state index is 0.756. The molecule has 0 saturated carbocycles. The van der Waals surface area contributed by atoms with E-state index in [1.165, 1.54) is 10.9 Å². The molecule has 0 aliphatic rings. The molecular formula is C16H16N2O. The molecular weight excluding hydrogens is 236 g/mol. The minimum Gasteiger partial charge on any atom is -0.461 e. The molecule has 3 heteroatoms. The summed E-state index contributed by atoms with van der Waals surface area (Å²) in [7, 11) is 0. The van der Waals surface area contributed by atoms with Crippen molar-refractivity contribution in [3.05, 3.63) is 60.1 Å². The first-order valence-electron chi connectivity index (χ1n) is 6.51. The van der Waals surface area contributed by atoms with Crippen molar-refractivity contribution in [2.45, 2.75) is 19.9 Å². The Hall–Kier alpha value is -2.29. The normalized spacial score (nSPS) is 10.8. The Bertz CT molecular complexity index is 674. The third-order valence-corrected chi connectivity index (χ3v) is 3.23. The second-order valence-corrected chi connectivity index (χ2v) is 4.45. The van der Waals surface area contributed by atoms with Gasteiger partial charge in [-0.15, -0.1) is 0 Å². The molecule has 1 N–H and O–H groups in total. The molecule has 0 atom stereocenters. The minimum atomic E-state index is 0.756. The monoisotopic (exact) mass is 252 g/mol. The fourth-order valence-corrected chi connectivity index (χ4v) is 2.29. The van der Waals surface area contributed by atoms with E-state index in [1.54, 1.807) is 6.20 Å². The van der Waals surface area contributed by atoms with Gasteiger partial charge >= 0.3 is 0 Å². The first-order valence-corrected chi connectivity index (χ1v) is 6.51. The number of hydrogen-bond acceptors (Lipinski definition) is 3. The van der Waals surface area contributed by atoms with Crippen molar-refractivity contribution in [1.29, 1.82) is 0 Å². The van der Waals surface area contributed by atoms with Gasteiger partial charge in [-0.3, -0.25) is 4.98 Å². The molecule has 0 saturated heterocycles. The molecule has 0 bridgehead atoms. The number of aryl methyl sites for hydroxylation is 1. The van der Waals surface area contributed by atoms with Crippen LogP contribution in [0.1, 0.15) is 18.2 Å². The zero-order valence-corrected chi connectivity index (χ0v) is 10.9. The number of furan rings is 1. The highest BCUT2D eigenvalue weighted by Gasteiger charge is 2.11. The molecule has 0 amide bonds. The molecule has 2 heterocycles. The van der Waals surface area contributed by atoms with Crippen LogP contribution in [0.15, 0.2) is 53.2 Å². The van der Waals surface area contributed by atoms with Gasteiger partial charge in [-0.2, -0.15) is 0 Å². The quantitative estimate of drug-likeness (QED) is 0.762. The van der Waals surface area contributed by atoms with Crippen LogP contribution < -0.4 is 5.32 Å². The van der Waals surface area contributed by atoms with Crippen molar-refractivity contribution in [2.75, 3.05) is 5.32 Å². The number of hydrogen-bond donors (Lipinski definition) is 1. The number of anilines is 1. The maximum absolute atomic E-state index is 5.88. The lowest BCUT2D eigenvalue weighted by atomic mass is 10.1. The summed E-state index contributed by atoms with van der Waals surface area (Å²) in [6.45, 7) is 2.87. The van der Waals surface area contributed by atoms with Gasteiger partial charge in [0.25, 0.3) is 0 Å². The van der Waals surface area contributed by atoms with Crippen molar-refractivity contribution in [1.82, 2.24) is 4.98 Å². The summed E-state index contributed by atoms with van der Waals surface area (Å²) >= 11 is 0. The summed E-state index contributed by atoms with van der Waals surface area (Å²) in [5.41, 5.74) is 3.22. The summed E-state index contributed by atoms with van der Waals surface area (Å²) < 4.78 is 5.88. The Balaban J connectivity index is 1.91. The van der Waals surface area contributed by atoms with E-state index in [4.69, 9.17) is 4.42 Å². The van der Waals surface area contributed by atoms with Crippen LogP contribution in [-0.2, 0) is 13.0 Å². The number of benzene rings is 1. The van der Waals surface area contributed by atoms with Crippen molar-refractivity contribution in [3.8, 4) is 0 Å². The fraction of sp³-hybridized carbons (Fsp3) is 0.188. The van der Waals surface area contributed by atoms with Crippen LogP contribution >= 0.6 is 0 Å². The molecule has 3 aromatic rings. The summed E-state index contributed by atoms with van der Waals surface area (Å²) in [6.07, 6.45) is 4.50. The topological polar surface area (TPSA) is 38.1 Å². The van der Waals surface area contributed by atoms with E-state index in [0.717, 1.165) is 30.0 Å². The molecule has 0 radical (unpaired) electrons. The van der Waals surface area contributed by atoms with Crippen molar-refractivity contribution in [3.63, 3.8) is 0 Å². The molecule has 1 aromatic carbocycles. The number of rotatable bonds is 4. The van der Waals surface area contributed by atoms with Crippen LogP contribution in [-0.4, -0.2) is 4.98 Å². The Labute approximate surface area is 112 Å². The molecule has 96 valence electrons. The summed E-state index contributed by atoms with van der Waals surface area (Å²) in [5, 5.41) is 4.58.